The summed E-state index contributed by atoms with van der Waals surface area (Å²) in [4.78, 5) is 38.9. The third-order valence-corrected chi connectivity index (χ3v) is 5.13. The van der Waals surface area contributed by atoms with Crippen LogP contribution in [0.4, 0.5) is 4.79 Å². The second kappa shape index (κ2) is 8.95. The molecule has 0 radical (unpaired) electrons. The van der Waals surface area contributed by atoms with E-state index in [0.29, 0.717) is 25.1 Å². The zero-order valence-electron chi connectivity index (χ0n) is 16.9. The maximum absolute atomic E-state index is 12.7. The van der Waals surface area contributed by atoms with Crippen molar-refractivity contribution in [1.82, 2.24) is 15.1 Å². The summed E-state index contributed by atoms with van der Waals surface area (Å²) in [6.45, 7) is 4.10. The van der Waals surface area contributed by atoms with Gasteiger partial charge in [-0.3, -0.25) is 9.59 Å². The van der Waals surface area contributed by atoms with Crippen molar-refractivity contribution in [3.8, 4) is 5.75 Å². The lowest BCUT2D eigenvalue weighted by Gasteiger charge is -2.25. The predicted octanol–water partition coefficient (Wildman–Crippen LogP) is 2.11. The van der Waals surface area contributed by atoms with E-state index in [1.165, 1.54) is 9.80 Å². The number of likely N-dealkylation sites (tertiary alicyclic amines) is 1. The number of nitrogens with zero attached hydrogens (tertiary/aromatic N) is 2. The number of carboxylic acid groups (broad SMARTS) is 1. The van der Waals surface area contributed by atoms with Crippen LogP contribution in [0.25, 0.3) is 0 Å². The van der Waals surface area contributed by atoms with Gasteiger partial charge in [-0.15, -0.1) is 0 Å². The number of benzene rings is 1. The summed E-state index contributed by atoms with van der Waals surface area (Å²) < 4.78 is 5.68. The lowest BCUT2D eigenvalue weighted by atomic mass is 9.90. The molecule has 3 amide bonds. The van der Waals surface area contributed by atoms with Crippen molar-refractivity contribution in [2.75, 3.05) is 33.8 Å². The van der Waals surface area contributed by atoms with E-state index in [9.17, 15) is 19.5 Å². The van der Waals surface area contributed by atoms with Crippen LogP contribution in [0.1, 0.15) is 38.3 Å². The molecule has 154 valence electrons. The van der Waals surface area contributed by atoms with Gasteiger partial charge in [0.05, 0.1) is 11.5 Å². The van der Waals surface area contributed by atoms with E-state index in [-0.39, 0.29) is 31.1 Å². The van der Waals surface area contributed by atoms with Crippen molar-refractivity contribution in [1.29, 1.82) is 0 Å². The van der Waals surface area contributed by atoms with Crippen LogP contribution >= 0.6 is 0 Å². The van der Waals surface area contributed by atoms with E-state index in [0.717, 1.165) is 5.56 Å². The minimum absolute atomic E-state index is 0.0858. The largest absolute Gasteiger partial charge is 0.483 e. The highest BCUT2D eigenvalue weighted by Gasteiger charge is 2.42. The first-order chi connectivity index (χ1) is 13.2. The molecular formula is C20H29N3O5. The van der Waals surface area contributed by atoms with Crippen molar-refractivity contribution in [2.45, 2.75) is 32.7 Å². The number of ether oxygens (including phenoxy) is 1. The number of hydrogen-bond donors (Lipinski definition) is 2. The van der Waals surface area contributed by atoms with Crippen LogP contribution in [0.3, 0.4) is 0 Å². The highest BCUT2D eigenvalue weighted by atomic mass is 16.5. The molecule has 0 spiro atoms. The average Bonchev–Trinajstić information content (AvgIpc) is 3.08. The highest BCUT2D eigenvalue weighted by Crippen LogP contribution is 2.31. The molecule has 28 heavy (non-hydrogen) atoms. The maximum Gasteiger partial charge on any atom is 0.317 e. The molecule has 2 rings (SSSR count). The van der Waals surface area contributed by atoms with E-state index in [4.69, 9.17) is 4.74 Å². The number of likely N-dealkylation sites (N-methyl/N-ethyl adjacent to an activating group) is 1. The monoisotopic (exact) mass is 391 g/mol. The van der Waals surface area contributed by atoms with Gasteiger partial charge in [0.2, 0.25) is 0 Å². The number of para-hydroxylation sites is 1. The minimum atomic E-state index is -0.910. The van der Waals surface area contributed by atoms with E-state index in [1.54, 1.807) is 27.1 Å². The van der Waals surface area contributed by atoms with Gasteiger partial charge >= 0.3 is 12.0 Å². The van der Waals surface area contributed by atoms with E-state index < -0.39 is 11.4 Å². The summed E-state index contributed by atoms with van der Waals surface area (Å²) in [5.41, 5.74) is -0.128. The number of nitrogens with one attached hydrogen (secondary N) is 1. The van der Waals surface area contributed by atoms with Crippen LogP contribution in [-0.2, 0) is 9.59 Å². The number of hydrogen-bond acceptors (Lipinski definition) is 4. The Balaban J connectivity index is 2.08. The SMILES string of the molecule is CCC(NC(=O)N1CCC(C)(C(=O)O)C1)c1ccccc1OCC(=O)N(C)C. The molecule has 0 saturated carbocycles. The Morgan fingerprint density at radius 1 is 1.32 bits per heavy atom. The Labute approximate surface area is 165 Å². The fourth-order valence-electron chi connectivity index (χ4n) is 3.12. The molecule has 1 saturated heterocycles. The molecule has 8 heteroatoms. The second-order valence-corrected chi connectivity index (χ2v) is 7.56. The summed E-state index contributed by atoms with van der Waals surface area (Å²) in [6.07, 6.45) is 1.05. The van der Waals surface area contributed by atoms with Crippen LogP contribution in [0.2, 0.25) is 0 Å². The molecule has 2 unspecified atom stereocenters. The number of aliphatic carboxylic acids is 1. The predicted molar refractivity (Wildman–Crippen MR) is 104 cm³/mol. The van der Waals surface area contributed by atoms with Gasteiger partial charge in [0, 0.05) is 32.7 Å². The van der Waals surface area contributed by atoms with E-state index >= 15 is 0 Å². The third-order valence-electron chi connectivity index (χ3n) is 5.13. The average molecular weight is 391 g/mol. The van der Waals surface area contributed by atoms with Crippen molar-refractivity contribution >= 4 is 17.9 Å². The molecule has 1 aliphatic heterocycles. The van der Waals surface area contributed by atoms with Gasteiger partial charge in [0.25, 0.3) is 5.91 Å². The highest BCUT2D eigenvalue weighted by molar-refractivity contribution is 5.80. The molecule has 1 aliphatic rings. The van der Waals surface area contributed by atoms with Gasteiger partial charge < -0.3 is 25.0 Å². The number of rotatable bonds is 7. The third kappa shape index (κ3) is 4.94. The summed E-state index contributed by atoms with van der Waals surface area (Å²) in [5.74, 6) is -0.502. The number of urea groups is 1. The molecule has 1 heterocycles. The first kappa shape index (κ1) is 21.5. The van der Waals surface area contributed by atoms with Crippen molar-refractivity contribution in [3.05, 3.63) is 29.8 Å². The Kier molecular flexibility index (Phi) is 6.88. The zero-order valence-corrected chi connectivity index (χ0v) is 16.9. The van der Waals surface area contributed by atoms with E-state index in [2.05, 4.69) is 5.32 Å². The molecule has 0 aromatic heterocycles. The Hall–Kier alpha value is -2.77. The summed E-state index contributed by atoms with van der Waals surface area (Å²) in [7, 11) is 3.32. The standard InChI is InChI=1S/C20H29N3O5/c1-5-15(21-19(27)23-11-10-20(2,13-23)18(25)26)14-8-6-7-9-16(14)28-12-17(24)22(3)4/h6-9,15H,5,10-13H2,1-4H3,(H,21,27)(H,25,26). The molecular weight excluding hydrogens is 362 g/mol. The smallest absolute Gasteiger partial charge is 0.317 e. The lowest BCUT2D eigenvalue weighted by molar-refractivity contribution is -0.147. The van der Waals surface area contributed by atoms with Gasteiger partial charge in [-0.2, -0.15) is 0 Å². The van der Waals surface area contributed by atoms with Crippen LogP contribution < -0.4 is 10.1 Å². The lowest BCUT2D eigenvalue weighted by Crippen LogP contribution is -2.42. The zero-order chi connectivity index (χ0) is 20.9. The summed E-state index contributed by atoms with van der Waals surface area (Å²) in [6, 6.07) is 6.68. The van der Waals surface area contributed by atoms with Crippen LogP contribution in [0.15, 0.2) is 24.3 Å². The van der Waals surface area contributed by atoms with Gasteiger partial charge in [-0.05, 0) is 25.8 Å². The van der Waals surface area contributed by atoms with Crippen molar-refractivity contribution in [3.63, 3.8) is 0 Å². The molecule has 2 N–H and O–H groups in total. The molecule has 1 aromatic carbocycles. The first-order valence-electron chi connectivity index (χ1n) is 9.38. The molecule has 1 fully saturated rings. The second-order valence-electron chi connectivity index (χ2n) is 7.56. The summed E-state index contributed by atoms with van der Waals surface area (Å²) in [5, 5.41) is 12.3. The van der Waals surface area contributed by atoms with Gasteiger partial charge in [-0.25, -0.2) is 4.79 Å². The van der Waals surface area contributed by atoms with E-state index in [1.807, 2.05) is 25.1 Å². The number of carboxylic acids is 1. The number of amides is 3. The Bertz CT molecular complexity index is 736. The number of carbonyl (C=O) groups excluding carboxylic acids is 2. The maximum atomic E-state index is 12.7. The van der Waals surface area contributed by atoms with Crippen molar-refractivity contribution in [2.24, 2.45) is 5.41 Å². The van der Waals surface area contributed by atoms with Gasteiger partial charge in [0.15, 0.2) is 6.61 Å². The summed E-state index contributed by atoms with van der Waals surface area (Å²) >= 11 is 0. The van der Waals surface area contributed by atoms with Gasteiger partial charge in [-0.1, -0.05) is 25.1 Å². The molecule has 1 aromatic rings. The Morgan fingerprint density at radius 2 is 2.00 bits per heavy atom. The topological polar surface area (TPSA) is 99.2 Å². The molecule has 2 atom stereocenters. The molecule has 0 aliphatic carbocycles. The quantitative estimate of drug-likeness (QED) is 0.742. The fourth-order valence-corrected chi connectivity index (χ4v) is 3.12. The van der Waals surface area contributed by atoms with Gasteiger partial charge in [0.1, 0.15) is 5.75 Å². The van der Waals surface area contributed by atoms with Crippen molar-refractivity contribution < 1.29 is 24.2 Å². The van der Waals surface area contributed by atoms with Crippen LogP contribution in [0, 0.1) is 5.41 Å². The first-order valence-corrected chi connectivity index (χ1v) is 9.38. The minimum Gasteiger partial charge on any atom is -0.483 e. The number of carbonyl (C=O) groups is 3. The Morgan fingerprint density at radius 3 is 2.57 bits per heavy atom. The van der Waals surface area contributed by atoms with Crippen LogP contribution in [0.5, 0.6) is 5.75 Å². The molecule has 8 nitrogen and oxygen atoms in total. The normalized spacial score (nSPS) is 19.8. The molecule has 0 bridgehead atoms. The van der Waals surface area contributed by atoms with Crippen LogP contribution in [-0.4, -0.2) is 66.6 Å². The fraction of sp³-hybridized carbons (Fsp3) is 0.550.